The van der Waals surface area contributed by atoms with E-state index in [1.165, 1.54) is 0 Å². The third-order valence-electron chi connectivity index (χ3n) is 2.08. The Balaban J connectivity index is 2.63. The molecule has 0 saturated heterocycles. The molecule has 0 atom stereocenters. The topological polar surface area (TPSA) is 33.4 Å². The maximum absolute atomic E-state index is 9.73. The second-order valence-corrected chi connectivity index (χ2v) is 4.29. The van der Waals surface area contributed by atoms with Crippen LogP contribution in [0.5, 0.6) is 0 Å². The highest BCUT2D eigenvalue weighted by Crippen LogP contribution is 2.28. The summed E-state index contributed by atoms with van der Waals surface area (Å²) in [6, 6.07) is 7.19. The molecule has 0 amide bonds. The van der Waals surface area contributed by atoms with E-state index < -0.39 is 5.60 Å². The molecule has 74 valence electrons. The Morgan fingerprint density at radius 3 is 2.64 bits per heavy atom. The zero-order chi connectivity index (χ0) is 10.3. The largest absolute Gasteiger partial charge is 0.458 e. The molecule has 0 fully saturated rings. The van der Waals surface area contributed by atoms with Crippen molar-refractivity contribution in [2.75, 3.05) is 0 Å². The number of benzene rings is 1. The minimum Gasteiger partial charge on any atom is -0.458 e. The van der Waals surface area contributed by atoms with Gasteiger partial charge in [-0.25, -0.2) is 0 Å². The van der Waals surface area contributed by atoms with E-state index in [1.807, 2.05) is 6.07 Å². The Hall–Kier alpha value is -0.990. The van der Waals surface area contributed by atoms with E-state index >= 15 is 0 Å². The molecular formula is C11H11ClO2. The number of furan rings is 1. The van der Waals surface area contributed by atoms with Gasteiger partial charge in [0.05, 0.1) is 0 Å². The molecule has 2 rings (SSSR count). The van der Waals surface area contributed by atoms with Crippen molar-refractivity contribution in [1.29, 1.82) is 0 Å². The molecule has 3 heteroatoms. The minimum absolute atomic E-state index is 0.551. The lowest BCUT2D eigenvalue weighted by Crippen LogP contribution is -2.13. The zero-order valence-corrected chi connectivity index (χ0v) is 8.80. The first kappa shape index (κ1) is 9.56. The van der Waals surface area contributed by atoms with E-state index in [0.29, 0.717) is 10.8 Å². The lowest BCUT2D eigenvalue weighted by Gasteiger charge is -2.12. The second-order valence-electron chi connectivity index (χ2n) is 3.85. The Kier molecular flexibility index (Phi) is 2.05. The molecule has 1 aromatic heterocycles. The quantitative estimate of drug-likeness (QED) is 0.784. The maximum atomic E-state index is 9.73. The van der Waals surface area contributed by atoms with Gasteiger partial charge in [0.2, 0.25) is 0 Å². The Bertz CT molecular complexity index is 466. The van der Waals surface area contributed by atoms with Gasteiger partial charge in [0.15, 0.2) is 0 Å². The lowest BCUT2D eigenvalue weighted by atomic mass is 10.1. The third kappa shape index (κ3) is 1.63. The van der Waals surface area contributed by atoms with E-state index in [-0.39, 0.29) is 0 Å². The Labute approximate surface area is 87.1 Å². The Morgan fingerprint density at radius 1 is 1.29 bits per heavy atom. The molecule has 1 heterocycles. The van der Waals surface area contributed by atoms with Gasteiger partial charge in [-0.1, -0.05) is 11.6 Å². The highest BCUT2D eigenvalue weighted by molar-refractivity contribution is 6.31. The highest BCUT2D eigenvalue weighted by Gasteiger charge is 2.20. The van der Waals surface area contributed by atoms with Crippen molar-refractivity contribution >= 4 is 22.6 Å². The molecule has 2 aromatic rings. The summed E-state index contributed by atoms with van der Waals surface area (Å²) in [5.74, 6) is 0.551. The van der Waals surface area contributed by atoms with Gasteiger partial charge < -0.3 is 9.52 Å². The van der Waals surface area contributed by atoms with Gasteiger partial charge in [0, 0.05) is 10.4 Å². The minimum atomic E-state index is -0.953. The maximum Gasteiger partial charge on any atom is 0.136 e. The highest BCUT2D eigenvalue weighted by atomic mass is 35.5. The fourth-order valence-corrected chi connectivity index (χ4v) is 1.50. The van der Waals surface area contributed by atoms with Crippen LogP contribution in [0.2, 0.25) is 5.02 Å². The summed E-state index contributed by atoms with van der Waals surface area (Å²) in [5, 5.41) is 11.3. The number of hydrogen-bond donors (Lipinski definition) is 1. The monoisotopic (exact) mass is 210 g/mol. The van der Waals surface area contributed by atoms with Crippen molar-refractivity contribution in [2.45, 2.75) is 19.4 Å². The first-order valence-corrected chi connectivity index (χ1v) is 4.76. The average molecular weight is 211 g/mol. The van der Waals surface area contributed by atoms with Crippen LogP contribution in [-0.2, 0) is 5.60 Å². The molecule has 0 spiro atoms. The van der Waals surface area contributed by atoms with Crippen LogP contribution >= 0.6 is 11.6 Å². The van der Waals surface area contributed by atoms with Gasteiger partial charge in [-0.15, -0.1) is 0 Å². The summed E-state index contributed by atoms with van der Waals surface area (Å²) in [6.45, 7) is 3.37. The fourth-order valence-electron chi connectivity index (χ4n) is 1.32. The summed E-state index contributed by atoms with van der Waals surface area (Å²) >= 11 is 5.84. The summed E-state index contributed by atoms with van der Waals surface area (Å²) in [4.78, 5) is 0. The smallest absolute Gasteiger partial charge is 0.136 e. The van der Waals surface area contributed by atoms with Crippen molar-refractivity contribution in [3.8, 4) is 0 Å². The van der Waals surface area contributed by atoms with E-state index in [1.54, 1.807) is 32.0 Å². The van der Waals surface area contributed by atoms with Crippen molar-refractivity contribution in [3.63, 3.8) is 0 Å². The summed E-state index contributed by atoms with van der Waals surface area (Å²) < 4.78 is 5.48. The van der Waals surface area contributed by atoms with Crippen LogP contribution in [0.4, 0.5) is 0 Å². The first-order chi connectivity index (χ1) is 6.47. The lowest BCUT2D eigenvalue weighted by molar-refractivity contribution is 0.0559. The molecular weight excluding hydrogens is 200 g/mol. The number of halogens is 1. The molecule has 0 bridgehead atoms. The molecule has 0 radical (unpaired) electrons. The van der Waals surface area contributed by atoms with Gasteiger partial charge in [0.1, 0.15) is 16.9 Å². The normalized spacial score (nSPS) is 12.3. The summed E-state index contributed by atoms with van der Waals surface area (Å²) in [7, 11) is 0. The fraction of sp³-hybridized carbons (Fsp3) is 0.273. The molecule has 1 aromatic carbocycles. The van der Waals surface area contributed by atoms with Gasteiger partial charge in [-0.3, -0.25) is 0 Å². The second kappa shape index (κ2) is 3.01. The number of rotatable bonds is 1. The molecule has 0 saturated carbocycles. The third-order valence-corrected chi connectivity index (χ3v) is 2.32. The number of fused-ring (bicyclic) bond motifs is 1. The SMILES string of the molecule is CC(C)(O)c1cc2cc(Cl)ccc2o1. The molecule has 1 N–H and O–H groups in total. The van der Waals surface area contributed by atoms with Crippen molar-refractivity contribution in [3.05, 3.63) is 35.0 Å². The van der Waals surface area contributed by atoms with Crippen molar-refractivity contribution in [1.82, 2.24) is 0 Å². The van der Waals surface area contributed by atoms with Crippen LogP contribution in [0.3, 0.4) is 0 Å². The molecule has 0 aliphatic carbocycles. The predicted molar refractivity (Wildman–Crippen MR) is 56.5 cm³/mol. The number of hydrogen-bond acceptors (Lipinski definition) is 2. The van der Waals surface area contributed by atoms with Crippen LogP contribution in [0, 0.1) is 0 Å². The summed E-state index contributed by atoms with van der Waals surface area (Å²) in [6.07, 6.45) is 0. The molecule has 14 heavy (non-hydrogen) atoms. The average Bonchev–Trinajstić information content (AvgIpc) is 2.45. The van der Waals surface area contributed by atoms with Gasteiger partial charge >= 0.3 is 0 Å². The van der Waals surface area contributed by atoms with Gasteiger partial charge in [-0.05, 0) is 38.1 Å². The molecule has 0 unspecified atom stereocenters. The Morgan fingerprint density at radius 2 is 2.00 bits per heavy atom. The van der Waals surface area contributed by atoms with Crippen LogP contribution in [0.15, 0.2) is 28.7 Å². The van der Waals surface area contributed by atoms with Crippen LogP contribution < -0.4 is 0 Å². The zero-order valence-electron chi connectivity index (χ0n) is 8.04. The van der Waals surface area contributed by atoms with Crippen molar-refractivity contribution in [2.24, 2.45) is 0 Å². The van der Waals surface area contributed by atoms with Crippen LogP contribution in [0.25, 0.3) is 11.0 Å². The van der Waals surface area contributed by atoms with Crippen LogP contribution in [-0.4, -0.2) is 5.11 Å². The van der Waals surface area contributed by atoms with Crippen LogP contribution in [0.1, 0.15) is 19.6 Å². The standard InChI is InChI=1S/C11H11ClO2/c1-11(2,13)10-6-7-5-8(12)3-4-9(7)14-10/h3-6,13H,1-2H3. The predicted octanol–water partition coefficient (Wildman–Crippen LogP) is 3.31. The van der Waals surface area contributed by atoms with E-state index in [2.05, 4.69) is 0 Å². The van der Waals surface area contributed by atoms with E-state index in [4.69, 9.17) is 16.0 Å². The molecule has 2 nitrogen and oxygen atoms in total. The molecule has 0 aliphatic heterocycles. The van der Waals surface area contributed by atoms with Gasteiger partial charge in [-0.2, -0.15) is 0 Å². The summed E-state index contributed by atoms with van der Waals surface area (Å²) in [5.41, 5.74) is -0.211. The van der Waals surface area contributed by atoms with Crippen molar-refractivity contribution < 1.29 is 9.52 Å². The van der Waals surface area contributed by atoms with E-state index in [0.717, 1.165) is 11.0 Å². The van der Waals surface area contributed by atoms with Gasteiger partial charge in [0.25, 0.3) is 0 Å². The van der Waals surface area contributed by atoms with E-state index in [9.17, 15) is 5.11 Å². The number of aliphatic hydroxyl groups is 1. The molecule has 0 aliphatic rings. The first-order valence-electron chi connectivity index (χ1n) is 4.39.